The number of likely N-dealkylation sites (tertiary alicyclic amines) is 1. The number of benzene rings is 1. The predicted octanol–water partition coefficient (Wildman–Crippen LogP) is 5.28. The van der Waals surface area contributed by atoms with Gasteiger partial charge in [-0.2, -0.15) is 0 Å². The molecule has 294 valence electrons. The number of hydrogen-bond donors (Lipinski definition) is 4. The van der Waals surface area contributed by atoms with E-state index in [1.807, 2.05) is 51.1 Å². The minimum Gasteiger partial charge on any atom is -0.455 e. The summed E-state index contributed by atoms with van der Waals surface area (Å²) in [7, 11) is 0. The second-order valence-electron chi connectivity index (χ2n) is 16.3. The predicted molar refractivity (Wildman–Crippen MR) is 203 cm³/mol. The van der Waals surface area contributed by atoms with Crippen molar-refractivity contribution < 1.29 is 33.5 Å². The Morgan fingerprint density at radius 1 is 0.868 bits per heavy atom. The van der Waals surface area contributed by atoms with Gasteiger partial charge in [0.1, 0.15) is 22.5 Å². The summed E-state index contributed by atoms with van der Waals surface area (Å²) in [5.74, 6) is -3.98. The highest BCUT2D eigenvalue weighted by molar-refractivity contribution is 6.44. The molecule has 3 aliphatic rings. The summed E-state index contributed by atoms with van der Waals surface area (Å²) < 4.78 is 5.64. The van der Waals surface area contributed by atoms with Crippen LogP contribution in [0.4, 0.5) is 4.79 Å². The van der Waals surface area contributed by atoms with E-state index >= 15 is 0 Å². The molecule has 1 saturated heterocycles. The first-order valence-electron chi connectivity index (χ1n) is 19.0. The van der Waals surface area contributed by atoms with Gasteiger partial charge in [-0.1, -0.05) is 68.9 Å². The fraction of sp³-hybridized carbons (Fsp3) is 0.692. The molecule has 2 saturated carbocycles. The van der Waals surface area contributed by atoms with Crippen molar-refractivity contribution in [3.05, 3.63) is 35.9 Å². The maximum atomic E-state index is 14.4. The Balaban J connectivity index is 1.45. The lowest BCUT2D eigenvalue weighted by atomic mass is 9.80. The zero-order valence-electron chi connectivity index (χ0n) is 31.7. The van der Waals surface area contributed by atoms with Gasteiger partial charge in [0.05, 0.1) is 12.5 Å². The van der Waals surface area contributed by atoms with Gasteiger partial charge in [0.25, 0.3) is 5.91 Å². The molecule has 1 aromatic carbocycles. The number of rotatable bonds is 15. The number of nitrogens with one attached hydrogen (secondary N) is 4. The number of Topliss-reactive ketones (excluding diaryl/α,β-unsaturated/α-hetero) is 1. The van der Waals surface area contributed by atoms with Gasteiger partial charge in [-0.3, -0.25) is 24.0 Å². The van der Waals surface area contributed by atoms with Crippen LogP contribution in [-0.2, 0) is 34.3 Å². The fourth-order valence-corrected chi connectivity index (χ4v) is 8.04. The summed E-state index contributed by atoms with van der Waals surface area (Å²) in [6.07, 6.45) is 7.54. The van der Waals surface area contributed by atoms with Crippen molar-refractivity contribution >= 4 is 58.7 Å². The topological polar surface area (TPSA) is 163 Å². The molecule has 1 aliphatic heterocycles. The van der Waals surface area contributed by atoms with Crippen molar-refractivity contribution in [3.63, 3.8) is 0 Å². The molecule has 0 bridgehead atoms. The number of carbonyl (C=O) groups excluding carboxylic acids is 6. The number of urea groups is 1. The summed E-state index contributed by atoms with van der Waals surface area (Å²) in [6, 6.07) is 5.63. The van der Waals surface area contributed by atoms with Crippen LogP contribution in [0.1, 0.15) is 111 Å². The molecule has 4 atom stereocenters. The van der Waals surface area contributed by atoms with Gasteiger partial charge in [-0.25, -0.2) is 4.79 Å². The second kappa shape index (κ2) is 18.8. The molecule has 2 aliphatic carbocycles. The Morgan fingerprint density at radius 3 is 2.11 bits per heavy atom. The molecule has 1 aromatic rings. The summed E-state index contributed by atoms with van der Waals surface area (Å²) in [6.45, 7) is 9.13. The van der Waals surface area contributed by atoms with E-state index in [0.29, 0.717) is 6.42 Å². The number of nitrogens with zero attached hydrogens (tertiary/aromatic N) is 1. The first kappa shape index (κ1) is 42.4. The lowest BCUT2D eigenvalue weighted by molar-refractivity contribution is -0.157. The largest absolute Gasteiger partial charge is 0.455 e. The molecule has 0 radical (unpaired) electrons. The SMILES string of the molecule is CC(C)(C)NC(=O)N[C@H](C(=O)N1CCC(C(Cl)Cl)[C@H]1C(=O)NC(CC1CCC1)C(=O)C(=O)NCCC(=O)OC(C)(C)c1ccccc1)C1CCCCC1. The highest BCUT2D eigenvalue weighted by Crippen LogP contribution is 2.36. The first-order chi connectivity index (χ1) is 25.0. The van der Waals surface area contributed by atoms with Crippen LogP contribution in [0.2, 0.25) is 0 Å². The highest BCUT2D eigenvalue weighted by Gasteiger charge is 2.48. The van der Waals surface area contributed by atoms with Crippen molar-refractivity contribution in [2.45, 2.75) is 139 Å². The maximum Gasteiger partial charge on any atom is 0.315 e. The number of amides is 5. The number of ether oxygens (including phenoxy) is 1. The van der Waals surface area contributed by atoms with Gasteiger partial charge in [0, 0.05) is 24.5 Å². The Hall–Kier alpha value is -3.38. The van der Waals surface area contributed by atoms with E-state index in [2.05, 4.69) is 21.3 Å². The van der Waals surface area contributed by atoms with Crippen LogP contribution < -0.4 is 21.3 Å². The van der Waals surface area contributed by atoms with Crippen LogP contribution in [0.15, 0.2) is 30.3 Å². The maximum absolute atomic E-state index is 14.4. The molecular weight excluding hydrogens is 721 g/mol. The monoisotopic (exact) mass is 777 g/mol. The van der Waals surface area contributed by atoms with Crippen LogP contribution in [0.25, 0.3) is 0 Å². The molecular formula is C39H57Cl2N5O7. The molecule has 2 unspecified atom stereocenters. The summed E-state index contributed by atoms with van der Waals surface area (Å²) in [5, 5.41) is 11.1. The number of alkyl halides is 2. The van der Waals surface area contributed by atoms with E-state index in [-0.39, 0.29) is 37.8 Å². The lowest BCUT2D eigenvalue weighted by Gasteiger charge is -2.36. The molecule has 12 nitrogen and oxygen atoms in total. The summed E-state index contributed by atoms with van der Waals surface area (Å²) in [4.78, 5) is 81.5. The molecule has 0 spiro atoms. The Labute approximate surface area is 323 Å². The molecule has 53 heavy (non-hydrogen) atoms. The Morgan fingerprint density at radius 2 is 1.53 bits per heavy atom. The third-order valence-electron chi connectivity index (χ3n) is 10.6. The van der Waals surface area contributed by atoms with Gasteiger partial charge in [0.2, 0.25) is 17.6 Å². The lowest BCUT2D eigenvalue weighted by Crippen LogP contribution is -2.61. The van der Waals surface area contributed by atoms with Crippen molar-refractivity contribution in [1.82, 2.24) is 26.2 Å². The number of esters is 1. The van der Waals surface area contributed by atoms with E-state index in [0.717, 1.165) is 56.9 Å². The van der Waals surface area contributed by atoms with Crippen molar-refractivity contribution in [2.75, 3.05) is 13.1 Å². The molecule has 4 rings (SSSR count). The smallest absolute Gasteiger partial charge is 0.315 e. The third-order valence-corrected chi connectivity index (χ3v) is 11.2. The average Bonchev–Trinajstić information content (AvgIpc) is 3.53. The van der Waals surface area contributed by atoms with E-state index in [4.69, 9.17) is 27.9 Å². The van der Waals surface area contributed by atoms with Gasteiger partial charge in [-0.15, -0.1) is 23.2 Å². The highest BCUT2D eigenvalue weighted by atomic mass is 35.5. The Kier molecular flexibility index (Phi) is 15.0. The van der Waals surface area contributed by atoms with E-state index < -0.39 is 75.5 Å². The molecule has 14 heteroatoms. The molecule has 0 aromatic heterocycles. The van der Waals surface area contributed by atoms with Crippen molar-refractivity contribution in [1.29, 1.82) is 0 Å². The van der Waals surface area contributed by atoms with E-state index in [9.17, 15) is 28.8 Å². The molecule has 1 heterocycles. The number of hydrogen-bond acceptors (Lipinski definition) is 7. The van der Waals surface area contributed by atoms with Crippen molar-refractivity contribution in [3.8, 4) is 0 Å². The summed E-state index contributed by atoms with van der Waals surface area (Å²) in [5.41, 5.74) is -0.610. The van der Waals surface area contributed by atoms with Gasteiger partial charge in [-0.05, 0) is 77.7 Å². The van der Waals surface area contributed by atoms with Gasteiger partial charge < -0.3 is 30.9 Å². The van der Waals surface area contributed by atoms with E-state index in [1.165, 1.54) is 4.90 Å². The minimum atomic E-state index is -1.16. The van der Waals surface area contributed by atoms with Crippen LogP contribution >= 0.6 is 23.2 Å². The fourth-order valence-electron chi connectivity index (χ4n) is 7.52. The number of halogens is 2. The van der Waals surface area contributed by atoms with Gasteiger partial charge >= 0.3 is 12.0 Å². The zero-order valence-corrected chi connectivity index (χ0v) is 33.2. The number of carbonyl (C=O) groups is 6. The van der Waals surface area contributed by atoms with E-state index in [1.54, 1.807) is 13.8 Å². The minimum absolute atomic E-state index is 0.120. The van der Waals surface area contributed by atoms with Crippen LogP contribution in [-0.4, -0.2) is 82.0 Å². The first-order valence-corrected chi connectivity index (χ1v) is 19.9. The van der Waals surface area contributed by atoms with Crippen molar-refractivity contribution in [2.24, 2.45) is 17.8 Å². The molecule has 4 N–H and O–H groups in total. The van der Waals surface area contributed by atoms with Gasteiger partial charge in [0.15, 0.2) is 0 Å². The normalized spacial score (nSPS) is 20.9. The quantitative estimate of drug-likeness (QED) is 0.107. The van der Waals surface area contributed by atoms with Crippen LogP contribution in [0.3, 0.4) is 0 Å². The van der Waals surface area contributed by atoms with Crippen LogP contribution in [0, 0.1) is 17.8 Å². The second-order valence-corrected chi connectivity index (χ2v) is 17.5. The Bertz CT molecular complexity index is 1460. The average molecular weight is 779 g/mol. The standard InChI is InChI=1S/C39H57Cl2N5O7/c1-38(2,3)45-37(52)44-30(25-15-8-6-9-16-25)36(51)46-22-20-27(33(40)41)31(46)34(49)43-28(23-24-13-12-14-24)32(48)35(50)42-21-19-29(47)53-39(4,5)26-17-10-7-11-18-26/h7,10-11,17-18,24-25,27-28,30-31,33H,6,8-9,12-16,19-23H2,1-5H3,(H,42,50)(H,43,49)(H2,44,45,52)/t27?,28?,30-,31-/m0/s1. The third kappa shape index (κ3) is 12.1. The van der Waals surface area contributed by atoms with Crippen LogP contribution in [0.5, 0.6) is 0 Å². The zero-order chi connectivity index (χ0) is 38.9. The molecule has 5 amide bonds. The summed E-state index contributed by atoms with van der Waals surface area (Å²) >= 11 is 12.8. The molecule has 3 fully saturated rings. The number of ketones is 1.